The summed E-state index contributed by atoms with van der Waals surface area (Å²) >= 11 is 2.31. The molecule has 32 heavy (non-hydrogen) atoms. The first-order chi connectivity index (χ1) is 15.2. The lowest BCUT2D eigenvalue weighted by atomic mass is 10.1. The van der Waals surface area contributed by atoms with Gasteiger partial charge < -0.3 is 4.98 Å². The highest BCUT2D eigenvalue weighted by atomic mass is 32.2. The van der Waals surface area contributed by atoms with Gasteiger partial charge in [-0.15, -0.1) is 11.3 Å². The number of amides is 1. The molecule has 2 N–H and O–H groups in total. The van der Waals surface area contributed by atoms with Gasteiger partial charge in [0, 0.05) is 10.9 Å². The molecule has 7 nitrogen and oxygen atoms in total. The number of hydrogen-bond donors (Lipinski definition) is 2. The first kappa shape index (κ1) is 22.3. The van der Waals surface area contributed by atoms with Crippen LogP contribution in [0, 0.1) is 13.8 Å². The van der Waals surface area contributed by atoms with Gasteiger partial charge in [-0.25, -0.2) is 18.1 Å². The number of carbonyl (C=O) groups excluding carboxylic acids is 1. The van der Waals surface area contributed by atoms with Crippen molar-refractivity contribution in [1.82, 2.24) is 14.7 Å². The van der Waals surface area contributed by atoms with Gasteiger partial charge in [0.25, 0.3) is 15.6 Å². The molecule has 4 rings (SSSR count). The molecule has 0 fully saturated rings. The quantitative estimate of drug-likeness (QED) is 0.317. The van der Waals surface area contributed by atoms with Crippen molar-refractivity contribution >= 4 is 49.2 Å². The zero-order valence-electron chi connectivity index (χ0n) is 17.2. The molecule has 0 spiro atoms. The Hall–Kier alpha value is -2.95. The van der Waals surface area contributed by atoms with Crippen LogP contribution in [0.5, 0.6) is 0 Å². The highest BCUT2D eigenvalue weighted by Gasteiger charge is 2.18. The standard InChI is InChI=1S/C22H19N3O4S3/c1-13-3-7-15(8-4-13)17-11-30-21-19(17)20(27)23-22(24-21)31-12-18(26)25-32(28,29)16-9-5-14(2)6-10-16/h3-11H,12H2,1-2H3,(H,25,26)(H,23,24,27). The van der Waals surface area contributed by atoms with Gasteiger partial charge in [-0.1, -0.05) is 59.3 Å². The Kier molecular flexibility index (Phi) is 6.18. The highest BCUT2D eigenvalue weighted by Crippen LogP contribution is 2.31. The van der Waals surface area contributed by atoms with Gasteiger partial charge in [0.2, 0.25) is 5.91 Å². The van der Waals surface area contributed by atoms with Gasteiger partial charge in [0.15, 0.2) is 5.16 Å². The average Bonchev–Trinajstić information content (AvgIpc) is 3.17. The molecule has 0 saturated heterocycles. The van der Waals surface area contributed by atoms with Crippen molar-refractivity contribution in [3.8, 4) is 11.1 Å². The van der Waals surface area contributed by atoms with E-state index in [2.05, 4.69) is 9.97 Å². The molecule has 0 aliphatic heterocycles. The number of hydrogen-bond acceptors (Lipinski definition) is 7. The molecule has 10 heteroatoms. The molecule has 0 aliphatic carbocycles. The first-order valence-corrected chi connectivity index (χ1v) is 12.9. The zero-order chi connectivity index (χ0) is 22.9. The third kappa shape index (κ3) is 4.77. The molecule has 0 atom stereocenters. The highest BCUT2D eigenvalue weighted by molar-refractivity contribution is 8.00. The Morgan fingerprint density at radius 2 is 1.69 bits per heavy atom. The number of fused-ring (bicyclic) bond motifs is 1. The van der Waals surface area contributed by atoms with Crippen molar-refractivity contribution in [2.45, 2.75) is 23.9 Å². The van der Waals surface area contributed by atoms with E-state index < -0.39 is 15.9 Å². The van der Waals surface area contributed by atoms with Crippen LogP contribution in [0.4, 0.5) is 0 Å². The molecule has 0 saturated carbocycles. The summed E-state index contributed by atoms with van der Waals surface area (Å²) in [6.45, 7) is 3.84. The number of thiophene rings is 1. The number of aromatic amines is 1. The average molecular weight is 486 g/mol. The van der Waals surface area contributed by atoms with E-state index in [1.807, 2.05) is 48.2 Å². The topological polar surface area (TPSA) is 109 Å². The van der Waals surface area contributed by atoms with Crippen molar-refractivity contribution in [3.05, 3.63) is 75.4 Å². The fourth-order valence-electron chi connectivity index (χ4n) is 3.03. The monoisotopic (exact) mass is 485 g/mol. The Balaban J connectivity index is 1.49. The normalized spacial score (nSPS) is 11.6. The fourth-order valence-corrected chi connectivity index (χ4v) is 5.77. The predicted octanol–water partition coefficient (Wildman–Crippen LogP) is 3.87. The number of rotatable bonds is 6. The minimum atomic E-state index is -3.96. The Bertz CT molecular complexity index is 1460. The predicted molar refractivity (Wildman–Crippen MR) is 128 cm³/mol. The van der Waals surface area contributed by atoms with E-state index in [4.69, 9.17) is 0 Å². The fraction of sp³-hybridized carbons (Fsp3) is 0.136. The third-order valence-electron chi connectivity index (χ3n) is 4.70. The van der Waals surface area contributed by atoms with Crippen LogP contribution in [0.15, 0.2) is 68.8 Å². The molecule has 0 radical (unpaired) electrons. The summed E-state index contributed by atoms with van der Waals surface area (Å²) in [7, 11) is -3.96. The van der Waals surface area contributed by atoms with Crippen LogP contribution in [-0.2, 0) is 14.8 Å². The molecule has 0 unspecified atom stereocenters. The Morgan fingerprint density at radius 3 is 2.34 bits per heavy atom. The lowest BCUT2D eigenvalue weighted by Crippen LogP contribution is -2.32. The molecule has 1 amide bonds. The number of carbonyl (C=O) groups is 1. The second kappa shape index (κ2) is 8.89. The van der Waals surface area contributed by atoms with Gasteiger partial charge in [0.1, 0.15) is 4.83 Å². The summed E-state index contributed by atoms with van der Waals surface area (Å²) in [4.78, 5) is 32.6. The number of thioether (sulfide) groups is 1. The molecule has 4 aromatic rings. The summed E-state index contributed by atoms with van der Waals surface area (Å²) in [5.41, 5.74) is 3.46. The molecule has 2 aromatic heterocycles. The maximum Gasteiger partial charge on any atom is 0.264 e. The van der Waals surface area contributed by atoms with E-state index >= 15 is 0 Å². The lowest BCUT2D eigenvalue weighted by molar-refractivity contribution is -0.116. The molecular weight excluding hydrogens is 466 g/mol. The van der Waals surface area contributed by atoms with Crippen LogP contribution < -0.4 is 10.3 Å². The summed E-state index contributed by atoms with van der Waals surface area (Å²) < 4.78 is 26.7. The molecule has 2 heterocycles. The van der Waals surface area contributed by atoms with Crippen molar-refractivity contribution in [3.63, 3.8) is 0 Å². The first-order valence-electron chi connectivity index (χ1n) is 9.56. The van der Waals surface area contributed by atoms with E-state index in [0.29, 0.717) is 10.2 Å². The molecule has 0 aliphatic rings. The van der Waals surface area contributed by atoms with Crippen LogP contribution in [0.3, 0.4) is 0 Å². The largest absolute Gasteiger partial charge is 0.301 e. The maximum atomic E-state index is 12.7. The lowest BCUT2D eigenvalue weighted by Gasteiger charge is -2.07. The summed E-state index contributed by atoms with van der Waals surface area (Å²) in [5.74, 6) is -0.916. The van der Waals surface area contributed by atoms with Gasteiger partial charge in [0.05, 0.1) is 16.0 Å². The SMILES string of the molecule is Cc1ccc(-c2csc3nc(SCC(=O)NS(=O)(=O)c4ccc(C)cc4)[nH]c(=O)c23)cc1. The number of H-pyrrole nitrogens is 1. The number of aromatic nitrogens is 2. The summed E-state index contributed by atoms with van der Waals surface area (Å²) in [6, 6.07) is 14.1. The van der Waals surface area contributed by atoms with E-state index in [1.165, 1.54) is 23.5 Å². The van der Waals surface area contributed by atoms with Crippen molar-refractivity contribution < 1.29 is 13.2 Å². The van der Waals surface area contributed by atoms with Gasteiger partial charge in [-0.05, 0) is 31.5 Å². The van der Waals surface area contributed by atoms with Crippen LogP contribution in [0.1, 0.15) is 11.1 Å². The number of sulfonamides is 1. The smallest absolute Gasteiger partial charge is 0.264 e. The molecule has 164 valence electrons. The van der Waals surface area contributed by atoms with Crippen molar-refractivity contribution in [2.75, 3.05) is 5.75 Å². The van der Waals surface area contributed by atoms with Crippen LogP contribution in [0.2, 0.25) is 0 Å². The van der Waals surface area contributed by atoms with Gasteiger partial charge in [-0.2, -0.15) is 0 Å². The second-order valence-corrected chi connectivity index (χ2v) is 10.7. The van der Waals surface area contributed by atoms with Gasteiger partial charge >= 0.3 is 0 Å². The molecule has 0 bridgehead atoms. The van der Waals surface area contributed by atoms with Gasteiger partial charge in [-0.3, -0.25) is 9.59 Å². The van der Waals surface area contributed by atoms with E-state index in [9.17, 15) is 18.0 Å². The molecule has 2 aromatic carbocycles. The van der Waals surface area contributed by atoms with Crippen molar-refractivity contribution in [1.29, 1.82) is 0 Å². The maximum absolute atomic E-state index is 12.7. The van der Waals surface area contributed by atoms with Crippen molar-refractivity contribution in [2.24, 2.45) is 0 Å². The number of benzene rings is 2. The van der Waals surface area contributed by atoms with E-state index in [1.54, 1.807) is 12.1 Å². The number of nitrogens with zero attached hydrogens (tertiary/aromatic N) is 1. The number of nitrogens with one attached hydrogen (secondary N) is 2. The van der Waals surface area contributed by atoms with Crippen LogP contribution in [-0.4, -0.2) is 30.0 Å². The van der Waals surface area contributed by atoms with E-state index in [-0.39, 0.29) is 21.4 Å². The minimum absolute atomic E-state index is 0.0108. The Labute approximate surface area is 193 Å². The minimum Gasteiger partial charge on any atom is -0.301 e. The second-order valence-electron chi connectivity index (χ2n) is 7.20. The Morgan fingerprint density at radius 1 is 1.06 bits per heavy atom. The van der Waals surface area contributed by atoms with Crippen LogP contribution in [0.25, 0.3) is 21.3 Å². The summed E-state index contributed by atoms with van der Waals surface area (Å²) in [5, 5.41) is 2.63. The third-order valence-corrected chi connectivity index (χ3v) is 7.84. The molecular formula is C22H19N3O4S3. The number of aryl methyl sites for hydroxylation is 2. The summed E-state index contributed by atoms with van der Waals surface area (Å²) in [6.07, 6.45) is 0. The van der Waals surface area contributed by atoms with E-state index in [0.717, 1.165) is 34.0 Å². The van der Waals surface area contributed by atoms with Crippen LogP contribution >= 0.6 is 23.1 Å². The zero-order valence-corrected chi connectivity index (χ0v) is 19.7.